The average Bonchev–Trinajstić information content (AvgIpc) is 3.15. The first-order valence-electron chi connectivity index (χ1n) is 10.6. The van der Waals surface area contributed by atoms with Gasteiger partial charge in [-0.2, -0.15) is 0 Å². The van der Waals surface area contributed by atoms with E-state index in [0.29, 0.717) is 12.0 Å². The van der Waals surface area contributed by atoms with E-state index in [1.807, 2.05) is 18.2 Å². The van der Waals surface area contributed by atoms with Gasteiger partial charge in [-0.25, -0.2) is 5.43 Å². The fourth-order valence-electron chi connectivity index (χ4n) is 5.32. The van der Waals surface area contributed by atoms with Crippen molar-refractivity contribution >= 4 is 18.3 Å². The predicted octanol–water partition coefficient (Wildman–Crippen LogP) is 0.967. The molecule has 4 heterocycles. The zero-order valence-electron chi connectivity index (χ0n) is 16.9. The van der Waals surface area contributed by atoms with Gasteiger partial charge in [-0.05, 0) is 38.9 Å². The molecule has 4 N–H and O–H groups in total. The average molecular weight is 422 g/mol. The summed E-state index contributed by atoms with van der Waals surface area (Å²) in [6.45, 7) is 3.95. The molecule has 1 spiro atoms. The lowest BCUT2D eigenvalue weighted by Crippen LogP contribution is -2.54. The van der Waals surface area contributed by atoms with E-state index in [-0.39, 0.29) is 36.0 Å². The maximum absolute atomic E-state index is 13.2. The number of hydrogen-bond donors (Lipinski definition) is 4. The van der Waals surface area contributed by atoms with E-state index in [1.54, 1.807) is 0 Å². The highest BCUT2D eigenvalue weighted by Gasteiger charge is 2.45. The van der Waals surface area contributed by atoms with Crippen LogP contribution in [0.1, 0.15) is 37.3 Å². The number of nitrogens with zero attached hydrogens (tertiary/aromatic N) is 1. The number of carbonyl (C=O) groups excluding carboxylic acids is 1. The van der Waals surface area contributed by atoms with Gasteiger partial charge in [0.2, 0.25) is 5.91 Å². The number of benzene rings is 1. The quantitative estimate of drug-likeness (QED) is 0.570. The Kier molecular flexibility index (Phi) is 6.04. The van der Waals surface area contributed by atoms with Crippen molar-refractivity contribution in [3.05, 3.63) is 29.8 Å². The Morgan fingerprint density at radius 2 is 2.03 bits per heavy atom. The minimum atomic E-state index is -0.193. The van der Waals surface area contributed by atoms with E-state index in [1.165, 1.54) is 0 Å². The normalized spacial score (nSPS) is 33.1. The predicted molar refractivity (Wildman–Crippen MR) is 114 cm³/mol. The zero-order chi connectivity index (χ0) is 19.1. The number of hydrazine groups is 1. The molecule has 0 aliphatic carbocycles. The molecule has 0 aromatic heterocycles. The summed E-state index contributed by atoms with van der Waals surface area (Å²) in [5, 5.41) is 6.80. The van der Waals surface area contributed by atoms with Gasteiger partial charge in [-0.1, -0.05) is 18.2 Å². The van der Waals surface area contributed by atoms with Gasteiger partial charge in [0, 0.05) is 43.6 Å². The van der Waals surface area contributed by atoms with Crippen LogP contribution in [0.2, 0.25) is 0 Å². The lowest BCUT2D eigenvalue weighted by Gasteiger charge is -2.46. The number of carbonyl (C=O) groups is 1. The summed E-state index contributed by atoms with van der Waals surface area (Å²) < 4.78 is 6.52. The highest BCUT2D eigenvalue weighted by atomic mass is 35.5. The van der Waals surface area contributed by atoms with Gasteiger partial charge in [0.15, 0.2) is 0 Å². The number of piperidine rings is 2. The molecular formula is C21H32ClN5O2. The highest BCUT2D eigenvalue weighted by molar-refractivity contribution is 5.85. The SMILES string of the molecule is CN1CCC2(CC1)CC(NC(=O)C1NNC3CCNCC31)c1ccccc1O2.Cl. The van der Waals surface area contributed by atoms with Gasteiger partial charge in [0.25, 0.3) is 0 Å². The van der Waals surface area contributed by atoms with Crippen LogP contribution in [0.5, 0.6) is 5.75 Å². The van der Waals surface area contributed by atoms with Crippen molar-refractivity contribution in [2.24, 2.45) is 5.92 Å². The standard InChI is InChI=1S/C21H31N5O2.ClH/c1-26-10-7-21(8-11-26)12-17(14-4-2-3-5-18(14)28-21)23-20(27)19-15-13-22-9-6-16(15)24-25-19;/h2-5,15-17,19,22,24-25H,6-13H2,1H3,(H,23,27);1H. The van der Waals surface area contributed by atoms with Crippen LogP contribution >= 0.6 is 12.4 Å². The number of nitrogens with one attached hydrogen (secondary N) is 4. The van der Waals surface area contributed by atoms with Crippen molar-refractivity contribution in [3.8, 4) is 5.75 Å². The number of ether oxygens (including phenoxy) is 1. The monoisotopic (exact) mass is 421 g/mol. The smallest absolute Gasteiger partial charge is 0.239 e. The number of likely N-dealkylation sites (tertiary alicyclic amines) is 1. The lowest BCUT2D eigenvalue weighted by atomic mass is 9.80. The number of rotatable bonds is 2. The Hall–Kier alpha value is -1.38. The second-order valence-electron chi connectivity index (χ2n) is 8.92. The molecule has 0 saturated carbocycles. The zero-order valence-corrected chi connectivity index (χ0v) is 17.8. The molecule has 4 aliphatic rings. The number of hydrogen-bond acceptors (Lipinski definition) is 6. The number of para-hydroxylation sites is 1. The van der Waals surface area contributed by atoms with Gasteiger partial charge < -0.3 is 20.3 Å². The third-order valence-electron chi connectivity index (χ3n) is 7.08. The molecule has 7 nitrogen and oxygen atoms in total. The molecule has 1 aromatic carbocycles. The highest BCUT2D eigenvalue weighted by Crippen LogP contribution is 2.44. The molecule has 8 heteroatoms. The Balaban J connectivity index is 0.00000205. The Morgan fingerprint density at radius 3 is 2.86 bits per heavy atom. The van der Waals surface area contributed by atoms with Crippen LogP contribution in [0.3, 0.4) is 0 Å². The lowest BCUT2D eigenvalue weighted by molar-refractivity contribution is -0.125. The van der Waals surface area contributed by atoms with Gasteiger partial charge in [0.05, 0.1) is 6.04 Å². The maximum Gasteiger partial charge on any atom is 0.239 e. The van der Waals surface area contributed by atoms with Crippen LogP contribution in [0.25, 0.3) is 0 Å². The molecule has 4 aliphatic heterocycles. The third kappa shape index (κ3) is 3.99. The summed E-state index contributed by atoms with van der Waals surface area (Å²) in [5.74, 6) is 1.31. The van der Waals surface area contributed by atoms with E-state index < -0.39 is 0 Å². The van der Waals surface area contributed by atoms with Crippen LogP contribution in [0.4, 0.5) is 0 Å². The van der Waals surface area contributed by atoms with Gasteiger partial charge in [-0.15, -0.1) is 12.4 Å². The molecule has 160 valence electrons. The van der Waals surface area contributed by atoms with E-state index in [2.05, 4.69) is 39.5 Å². The van der Waals surface area contributed by atoms with Crippen molar-refractivity contribution in [1.29, 1.82) is 0 Å². The summed E-state index contributed by atoms with van der Waals surface area (Å²) in [5.41, 5.74) is 7.51. The van der Waals surface area contributed by atoms with Crippen molar-refractivity contribution in [1.82, 2.24) is 26.4 Å². The molecule has 1 aromatic rings. The van der Waals surface area contributed by atoms with Gasteiger partial charge >= 0.3 is 0 Å². The van der Waals surface area contributed by atoms with E-state index in [4.69, 9.17) is 4.74 Å². The summed E-state index contributed by atoms with van der Waals surface area (Å²) in [6, 6.07) is 8.37. The molecule has 29 heavy (non-hydrogen) atoms. The molecule has 1 amide bonds. The summed E-state index contributed by atoms with van der Waals surface area (Å²) in [7, 11) is 2.16. The molecule has 0 bridgehead atoms. The van der Waals surface area contributed by atoms with Crippen LogP contribution in [-0.4, -0.2) is 61.7 Å². The van der Waals surface area contributed by atoms with Crippen LogP contribution in [0, 0.1) is 5.92 Å². The van der Waals surface area contributed by atoms with Crippen molar-refractivity contribution in [2.45, 2.75) is 49.4 Å². The van der Waals surface area contributed by atoms with Crippen molar-refractivity contribution in [2.75, 3.05) is 33.2 Å². The number of amides is 1. The van der Waals surface area contributed by atoms with E-state index >= 15 is 0 Å². The maximum atomic E-state index is 13.2. The van der Waals surface area contributed by atoms with E-state index in [0.717, 1.165) is 63.2 Å². The van der Waals surface area contributed by atoms with Gasteiger partial charge in [0.1, 0.15) is 17.4 Å². The Bertz CT molecular complexity index is 740. The van der Waals surface area contributed by atoms with Gasteiger partial charge in [-0.3, -0.25) is 10.2 Å². The van der Waals surface area contributed by atoms with E-state index in [9.17, 15) is 4.79 Å². The first-order chi connectivity index (χ1) is 13.6. The molecular weight excluding hydrogens is 390 g/mol. The fraction of sp³-hybridized carbons (Fsp3) is 0.667. The first kappa shape index (κ1) is 20.9. The second-order valence-corrected chi connectivity index (χ2v) is 8.92. The molecule has 4 atom stereocenters. The summed E-state index contributed by atoms with van der Waals surface area (Å²) in [4.78, 5) is 15.6. The molecule has 4 unspecified atom stereocenters. The van der Waals surface area contributed by atoms with Crippen LogP contribution in [-0.2, 0) is 4.79 Å². The van der Waals surface area contributed by atoms with Crippen molar-refractivity contribution < 1.29 is 9.53 Å². The molecule has 5 rings (SSSR count). The largest absolute Gasteiger partial charge is 0.487 e. The minimum absolute atomic E-state index is 0. The topological polar surface area (TPSA) is 77.7 Å². The Morgan fingerprint density at radius 1 is 1.24 bits per heavy atom. The number of halogens is 1. The molecule has 3 saturated heterocycles. The van der Waals surface area contributed by atoms with Crippen LogP contribution < -0.4 is 26.2 Å². The Labute approximate surface area is 178 Å². The molecule has 3 fully saturated rings. The first-order valence-corrected chi connectivity index (χ1v) is 10.6. The van der Waals surface area contributed by atoms with Crippen LogP contribution in [0.15, 0.2) is 24.3 Å². The molecule has 0 radical (unpaired) electrons. The summed E-state index contributed by atoms with van der Waals surface area (Å²) in [6.07, 6.45) is 3.90. The second kappa shape index (κ2) is 8.40. The summed E-state index contributed by atoms with van der Waals surface area (Å²) >= 11 is 0. The number of fused-ring (bicyclic) bond motifs is 2. The minimum Gasteiger partial charge on any atom is -0.487 e. The fourth-order valence-corrected chi connectivity index (χ4v) is 5.32. The third-order valence-corrected chi connectivity index (χ3v) is 7.08. The van der Waals surface area contributed by atoms with Crippen molar-refractivity contribution in [3.63, 3.8) is 0 Å².